The van der Waals surface area contributed by atoms with E-state index in [0.29, 0.717) is 14.8 Å². The molecule has 1 N–H and O–H groups in total. The van der Waals surface area contributed by atoms with Crippen molar-refractivity contribution < 1.29 is 4.74 Å². The first-order valence-electron chi connectivity index (χ1n) is 5.84. The Morgan fingerprint density at radius 3 is 2.70 bits per heavy atom. The van der Waals surface area contributed by atoms with Crippen molar-refractivity contribution >= 4 is 46.5 Å². The minimum atomic E-state index is 0.553. The number of ether oxygens (including phenoxy) is 1. The van der Waals surface area contributed by atoms with Crippen molar-refractivity contribution in [3.8, 4) is 11.4 Å². The fourth-order valence-electron chi connectivity index (χ4n) is 2.11. The maximum Gasteiger partial charge on any atom is 0.182 e. The Labute approximate surface area is 130 Å². The second kappa shape index (κ2) is 5.13. The van der Waals surface area contributed by atoms with Crippen molar-refractivity contribution in [3.05, 3.63) is 51.2 Å². The van der Waals surface area contributed by atoms with Gasteiger partial charge < -0.3 is 9.72 Å². The van der Waals surface area contributed by atoms with E-state index in [-0.39, 0.29) is 0 Å². The molecule has 6 heteroatoms. The number of hydrogen-bond donors (Lipinski definition) is 1. The van der Waals surface area contributed by atoms with Gasteiger partial charge in [0.15, 0.2) is 4.77 Å². The van der Waals surface area contributed by atoms with E-state index in [1.807, 2.05) is 22.8 Å². The van der Waals surface area contributed by atoms with Crippen LogP contribution in [0.15, 0.2) is 36.4 Å². The lowest BCUT2D eigenvalue weighted by atomic mass is 10.2. The molecule has 0 saturated heterocycles. The zero-order valence-electron chi connectivity index (χ0n) is 10.5. The highest BCUT2D eigenvalue weighted by Gasteiger charge is 2.11. The summed E-state index contributed by atoms with van der Waals surface area (Å²) in [6, 6.07) is 11.0. The third-order valence-electron chi connectivity index (χ3n) is 3.04. The molecule has 2 aromatic carbocycles. The number of fused-ring (bicyclic) bond motifs is 1. The minimum absolute atomic E-state index is 0.553. The zero-order chi connectivity index (χ0) is 14.3. The van der Waals surface area contributed by atoms with Crippen molar-refractivity contribution in [3.63, 3.8) is 0 Å². The molecule has 3 nitrogen and oxygen atoms in total. The molecule has 0 spiro atoms. The van der Waals surface area contributed by atoms with Crippen LogP contribution in [-0.4, -0.2) is 16.7 Å². The van der Waals surface area contributed by atoms with Gasteiger partial charge in [0.05, 0.1) is 28.9 Å². The van der Waals surface area contributed by atoms with Gasteiger partial charge in [-0.1, -0.05) is 23.2 Å². The van der Waals surface area contributed by atoms with Gasteiger partial charge in [-0.05, 0) is 42.5 Å². The van der Waals surface area contributed by atoms with Gasteiger partial charge in [-0.25, -0.2) is 0 Å². The van der Waals surface area contributed by atoms with E-state index in [2.05, 4.69) is 4.98 Å². The SMILES string of the molecule is COc1ccc2[nH]c(=S)n(-c3cc(Cl)ccc3Cl)c2c1. The molecule has 1 heterocycles. The molecule has 1 aromatic heterocycles. The molecule has 3 aromatic rings. The number of imidazole rings is 1. The average Bonchev–Trinajstić information content (AvgIpc) is 2.76. The van der Waals surface area contributed by atoms with Crippen LogP contribution in [-0.2, 0) is 0 Å². The fraction of sp³-hybridized carbons (Fsp3) is 0.0714. The molecule has 0 radical (unpaired) electrons. The molecule has 0 saturated carbocycles. The number of methoxy groups -OCH3 is 1. The molecule has 0 bridgehead atoms. The Morgan fingerprint density at radius 1 is 1.15 bits per heavy atom. The number of aromatic nitrogens is 2. The van der Waals surface area contributed by atoms with E-state index in [4.69, 9.17) is 40.2 Å². The van der Waals surface area contributed by atoms with Crippen molar-refractivity contribution in [1.29, 1.82) is 0 Å². The van der Waals surface area contributed by atoms with E-state index in [0.717, 1.165) is 22.5 Å². The van der Waals surface area contributed by atoms with Crippen molar-refractivity contribution in [1.82, 2.24) is 9.55 Å². The molecule has 20 heavy (non-hydrogen) atoms. The van der Waals surface area contributed by atoms with Gasteiger partial charge in [0.2, 0.25) is 0 Å². The number of benzene rings is 2. The molecule has 0 atom stereocenters. The number of aromatic amines is 1. The van der Waals surface area contributed by atoms with Gasteiger partial charge in [0.1, 0.15) is 5.75 Å². The molecule has 102 valence electrons. The summed E-state index contributed by atoms with van der Waals surface area (Å²) in [4.78, 5) is 3.14. The van der Waals surface area contributed by atoms with Crippen LogP contribution in [0.1, 0.15) is 0 Å². The average molecular weight is 325 g/mol. The molecule has 0 aliphatic carbocycles. The van der Waals surface area contributed by atoms with Crippen molar-refractivity contribution in [2.45, 2.75) is 0 Å². The predicted octanol–water partition coefficient (Wildman–Crippen LogP) is 5.00. The topological polar surface area (TPSA) is 29.9 Å². The summed E-state index contributed by atoms with van der Waals surface area (Å²) in [5.41, 5.74) is 2.54. The monoisotopic (exact) mass is 324 g/mol. The third-order valence-corrected chi connectivity index (χ3v) is 3.88. The maximum absolute atomic E-state index is 6.26. The highest BCUT2D eigenvalue weighted by molar-refractivity contribution is 7.71. The first-order chi connectivity index (χ1) is 9.60. The minimum Gasteiger partial charge on any atom is -0.497 e. The number of H-pyrrole nitrogens is 1. The van der Waals surface area contributed by atoms with Crippen molar-refractivity contribution in [2.75, 3.05) is 7.11 Å². The van der Waals surface area contributed by atoms with Crippen molar-refractivity contribution in [2.24, 2.45) is 0 Å². The lowest BCUT2D eigenvalue weighted by Gasteiger charge is -2.08. The highest BCUT2D eigenvalue weighted by Crippen LogP contribution is 2.29. The number of halogens is 2. The summed E-state index contributed by atoms with van der Waals surface area (Å²) in [6.07, 6.45) is 0. The lowest BCUT2D eigenvalue weighted by Crippen LogP contribution is -1.95. The molecular weight excluding hydrogens is 315 g/mol. The molecule has 0 aliphatic rings. The summed E-state index contributed by atoms with van der Waals surface area (Å²) in [5.74, 6) is 0.749. The molecule has 0 unspecified atom stereocenters. The largest absolute Gasteiger partial charge is 0.497 e. The summed E-state index contributed by atoms with van der Waals surface area (Å²) in [7, 11) is 1.62. The fourth-order valence-corrected chi connectivity index (χ4v) is 2.78. The zero-order valence-corrected chi connectivity index (χ0v) is 12.8. The van der Waals surface area contributed by atoms with Gasteiger partial charge >= 0.3 is 0 Å². The lowest BCUT2D eigenvalue weighted by molar-refractivity contribution is 0.415. The van der Waals surface area contributed by atoms with Crippen LogP contribution in [0.3, 0.4) is 0 Å². The van der Waals surface area contributed by atoms with Gasteiger partial charge in [0, 0.05) is 11.1 Å². The van der Waals surface area contributed by atoms with Crippen LogP contribution in [0.25, 0.3) is 16.7 Å². The van der Waals surface area contributed by atoms with Crippen LogP contribution < -0.4 is 4.74 Å². The molecule has 0 amide bonds. The van der Waals surface area contributed by atoms with Crippen LogP contribution in [0, 0.1) is 4.77 Å². The van der Waals surface area contributed by atoms with Gasteiger partial charge in [-0.2, -0.15) is 0 Å². The smallest absolute Gasteiger partial charge is 0.182 e. The quantitative estimate of drug-likeness (QED) is 0.672. The van der Waals surface area contributed by atoms with Crippen LogP contribution in [0.4, 0.5) is 0 Å². The normalized spacial score (nSPS) is 10.9. The Hall–Kier alpha value is -1.49. The highest BCUT2D eigenvalue weighted by atomic mass is 35.5. The second-order valence-electron chi connectivity index (χ2n) is 4.24. The Morgan fingerprint density at radius 2 is 1.95 bits per heavy atom. The predicted molar refractivity (Wildman–Crippen MR) is 85.0 cm³/mol. The number of nitrogens with zero attached hydrogens (tertiary/aromatic N) is 1. The third kappa shape index (κ3) is 2.20. The summed E-state index contributed by atoms with van der Waals surface area (Å²) in [6.45, 7) is 0. The summed E-state index contributed by atoms with van der Waals surface area (Å²) >= 11 is 17.7. The van der Waals surface area contributed by atoms with E-state index < -0.39 is 0 Å². The maximum atomic E-state index is 6.26. The standard InChI is InChI=1S/C14H10Cl2N2OS/c1-19-9-3-5-11-13(7-9)18(14(20)17-11)12-6-8(15)2-4-10(12)16/h2-7H,1H3,(H,17,20). The first kappa shape index (κ1) is 13.5. The van der Waals surface area contributed by atoms with E-state index in [1.54, 1.807) is 25.3 Å². The number of nitrogens with one attached hydrogen (secondary N) is 1. The summed E-state index contributed by atoms with van der Waals surface area (Å²) in [5, 5.41) is 1.18. The first-order valence-corrected chi connectivity index (χ1v) is 7.01. The van der Waals surface area contributed by atoms with Crippen LogP contribution in [0.2, 0.25) is 10.0 Å². The summed E-state index contributed by atoms with van der Waals surface area (Å²) < 4.78 is 7.66. The van der Waals surface area contributed by atoms with E-state index >= 15 is 0 Å². The number of rotatable bonds is 2. The van der Waals surface area contributed by atoms with Gasteiger partial charge in [-0.15, -0.1) is 0 Å². The van der Waals surface area contributed by atoms with Crippen LogP contribution >= 0.6 is 35.4 Å². The molecular formula is C14H10Cl2N2OS. The Kier molecular flexibility index (Phi) is 3.46. The van der Waals surface area contributed by atoms with Gasteiger partial charge in [0.25, 0.3) is 0 Å². The molecule has 0 fully saturated rings. The van der Waals surface area contributed by atoms with E-state index in [9.17, 15) is 0 Å². The Balaban J connectivity index is 2.37. The molecule has 3 rings (SSSR count). The second-order valence-corrected chi connectivity index (χ2v) is 5.47. The van der Waals surface area contributed by atoms with Crippen LogP contribution in [0.5, 0.6) is 5.75 Å². The molecule has 0 aliphatic heterocycles. The number of hydrogen-bond acceptors (Lipinski definition) is 2. The van der Waals surface area contributed by atoms with E-state index in [1.165, 1.54) is 0 Å². The van der Waals surface area contributed by atoms with Gasteiger partial charge in [-0.3, -0.25) is 4.57 Å². The Bertz CT molecular complexity index is 854.